The van der Waals surface area contributed by atoms with Crippen molar-refractivity contribution in [3.63, 3.8) is 0 Å². The lowest BCUT2D eigenvalue weighted by Gasteiger charge is -2.06. The molecule has 0 aliphatic rings. The van der Waals surface area contributed by atoms with Gasteiger partial charge in [0.2, 0.25) is 0 Å². The zero-order chi connectivity index (χ0) is 15.7. The van der Waals surface area contributed by atoms with Gasteiger partial charge in [-0.25, -0.2) is 4.79 Å². The van der Waals surface area contributed by atoms with Crippen LogP contribution in [0.2, 0.25) is 0 Å². The number of ketones is 1. The Morgan fingerprint density at radius 2 is 1.86 bits per heavy atom. The van der Waals surface area contributed by atoms with Crippen molar-refractivity contribution in [3.05, 3.63) is 70.1 Å². The summed E-state index contributed by atoms with van der Waals surface area (Å²) in [5.74, 6) is -0.317. The highest BCUT2D eigenvalue weighted by Crippen LogP contribution is 2.31. The van der Waals surface area contributed by atoms with Crippen LogP contribution in [0.15, 0.2) is 57.7 Å². The van der Waals surface area contributed by atoms with Gasteiger partial charge in [-0.1, -0.05) is 30.3 Å². The number of carbonyl (C=O) groups excluding carboxylic acids is 1. The van der Waals surface area contributed by atoms with Crippen molar-refractivity contribution < 1.29 is 19.1 Å². The van der Waals surface area contributed by atoms with E-state index in [1.54, 1.807) is 30.3 Å². The van der Waals surface area contributed by atoms with Crippen LogP contribution in [-0.4, -0.2) is 18.0 Å². The number of phenolic OH excluding ortho intramolecular Hbond substituents is 1. The predicted molar refractivity (Wildman–Crippen MR) is 80.6 cm³/mol. The molecule has 0 aliphatic carbocycles. The molecule has 1 N–H and O–H groups in total. The lowest BCUT2D eigenvalue weighted by Crippen LogP contribution is -2.14. The number of aromatic hydroxyl groups is 1. The molecule has 3 aromatic rings. The molecule has 1 aromatic heterocycles. The highest BCUT2D eigenvalue weighted by molar-refractivity contribution is 6.09. The normalized spacial score (nSPS) is 10.6. The molecule has 0 atom stereocenters. The monoisotopic (exact) mass is 296 g/mol. The Balaban J connectivity index is 2.19. The standard InChI is InChI=1S/C17H12O5/c1-21-15-8-11-7-12(16(19)10-5-3-2-4-6-10)17(20)22-14(11)9-13(15)18/h2-9,18H,1H3. The molecule has 5 heteroatoms. The second-order valence-corrected chi connectivity index (χ2v) is 4.70. The molecule has 22 heavy (non-hydrogen) atoms. The topological polar surface area (TPSA) is 76.7 Å². The fourth-order valence-corrected chi connectivity index (χ4v) is 2.20. The van der Waals surface area contributed by atoms with Crippen LogP contribution in [-0.2, 0) is 0 Å². The third-order valence-corrected chi connectivity index (χ3v) is 3.31. The smallest absolute Gasteiger partial charge is 0.347 e. The van der Waals surface area contributed by atoms with Gasteiger partial charge in [0.25, 0.3) is 0 Å². The first-order valence-electron chi connectivity index (χ1n) is 6.55. The Bertz CT molecular complexity index is 909. The molecule has 0 aliphatic heterocycles. The quantitative estimate of drug-likeness (QED) is 0.594. The highest BCUT2D eigenvalue weighted by atomic mass is 16.5. The van der Waals surface area contributed by atoms with Crippen molar-refractivity contribution in [2.75, 3.05) is 7.11 Å². The summed E-state index contributed by atoms with van der Waals surface area (Å²) in [6, 6.07) is 12.7. The molecule has 0 saturated carbocycles. The average Bonchev–Trinajstić information content (AvgIpc) is 2.54. The Kier molecular flexibility index (Phi) is 3.39. The molecule has 110 valence electrons. The maximum Gasteiger partial charge on any atom is 0.347 e. The van der Waals surface area contributed by atoms with Gasteiger partial charge in [-0.05, 0) is 12.1 Å². The van der Waals surface area contributed by atoms with E-state index < -0.39 is 11.4 Å². The second-order valence-electron chi connectivity index (χ2n) is 4.70. The van der Waals surface area contributed by atoms with E-state index in [1.807, 2.05) is 0 Å². The van der Waals surface area contributed by atoms with Crippen LogP contribution in [0.3, 0.4) is 0 Å². The van der Waals surface area contributed by atoms with Crippen LogP contribution in [0.25, 0.3) is 11.0 Å². The minimum atomic E-state index is -0.745. The molecule has 5 nitrogen and oxygen atoms in total. The van der Waals surface area contributed by atoms with Crippen molar-refractivity contribution >= 4 is 16.8 Å². The van der Waals surface area contributed by atoms with Gasteiger partial charge in [0, 0.05) is 17.0 Å². The largest absolute Gasteiger partial charge is 0.504 e. The molecule has 0 radical (unpaired) electrons. The van der Waals surface area contributed by atoms with E-state index in [9.17, 15) is 14.7 Å². The molecule has 0 bridgehead atoms. The Hall–Kier alpha value is -3.08. The summed E-state index contributed by atoms with van der Waals surface area (Å²) in [6.07, 6.45) is 0. The Labute approximate surface area is 125 Å². The zero-order valence-electron chi connectivity index (χ0n) is 11.7. The van der Waals surface area contributed by atoms with Crippen molar-refractivity contribution in [2.24, 2.45) is 0 Å². The SMILES string of the molecule is COc1cc2cc(C(=O)c3ccccc3)c(=O)oc2cc1O. The molecule has 0 fully saturated rings. The average molecular weight is 296 g/mol. The van der Waals surface area contributed by atoms with E-state index >= 15 is 0 Å². The third kappa shape index (κ3) is 2.33. The van der Waals surface area contributed by atoms with E-state index in [-0.39, 0.29) is 22.6 Å². The van der Waals surface area contributed by atoms with Crippen LogP contribution in [0.4, 0.5) is 0 Å². The van der Waals surface area contributed by atoms with Crippen molar-refractivity contribution in [3.8, 4) is 11.5 Å². The van der Waals surface area contributed by atoms with Gasteiger partial charge in [0.1, 0.15) is 11.1 Å². The molecule has 0 unspecified atom stereocenters. The Morgan fingerprint density at radius 3 is 2.55 bits per heavy atom. The van der Waals surface area contributed by atoms with E-state index in [1.165, 1.54) is 25.3 Å². The van der Waals surface area contributed by atoms with Crippen LogP contribution in [0.1, 0.15) is 15.9 Å². The maximum atomic E-state index is 12.4. The van der Waals surface area contributed by atoms with Crippen molar-refractivity contribution in [2.45, 2.75) is 0 Å². The van der Waals surface area contributed by atoms with Crippen LogP contribution in [0.5, 0.6) is 11.5 Å². The van der Waals surface area contributed by atoms with Gasteiger partial charge in [-0.3, -0.25) is 4.79 Å². The van der Waals surface area contributed by atoms with Gasteiger partial charge in [-0.15, -0.1) is 0 Å². The number of hydrogen-bond donors (Lipinski definition) is 1. The minimum absolute atomic E-state index is 0.0635. The fraction of sp³-hybridized carbons (Fsp3) is 0.0588. The molecule has 0 saturated heterocycles. The van der Waals surface area contributed by atoms with E-state index in [2.05, 4.69) is 0 Å². The van der Waals surface area contributed by atoms with E-state index in [4.69, 9.17) is 9.15 Å². The van der Waals surface area contributed by atoms with Gasteiger partial charge in [0.05, 0.1) is 7.11 Å². The third-order valence-electron chi connectivity index (χ3n) is 3.31. The summed E-state index contributed by atoms with van der Waals surface area (Å²) in [5, 5.41) is 10.2. The number of fused-ring (bicyclic) bond motifs is 1. The van der Waals surface area contributed by atoms with Gasteiger partial charge in [0.15, 0.2) is 17.3 Å². The first kappa shape index (κ1) is 13.9. The first-order valence-corrected chi connectivity index (χ1v) is 6.55. The summed E-state index contributed by atoms with van der Waals surface area (Å²) in [5.41, 5.74) is -0.217. The first-order chi connectivity index (χ1) is 10.6. The van der Waals surface area contributed by atoms with E-state index in [0.717, 1.165) is 0 Å². The van der Waals surface area contributed by atoms with Gasteiger partial charge in [-0.2, -0.15) is 0 Å². The summed E-state index contributed by atoms with van der Waals surface area (Å²) >= 11 is 0. The van der Waals surface area contributed by atoms with Gasteiger partial charge < -0.3 is 14.3 Å². The van der Waals surface area contributed by atoms with Crippen molar-refractivity contribution in [1.29, 1.82) is 0 Å². The van der Waals surface area contributed by atoms with Gasteiger partial charge >= 0.3 is 5.63 Å². The van der Waals surface area contributed by atoms with Crippen LogP contribution in [0, 0.1) is 0 Å². The number of hydrogen-bond acceptors (Lipinski definition) is 5. The summed E-state index contributed by atoms with van der Waals surface area (Å²) < 4.78 is 10.1. The number of carbonyl (C=O) groups is 1. The summed E-state index contributed by atoms with van der Waals surface area (Å²) in [7, 11) is 1.41. The van der Waals surface area contributed by atoms with Crippen LogP contribution < -0.4 is 10.4 Å². The predicted octanol–water partition coefficient (Wildman–Crippen LogP) is 2.74. The van der Waals surface area contributed by atoms with E-state index in [0.29, 0.717) is 10.9 Å². The molecule has 1 heterocycles. The molecular formula is C17H12O5. The molecule has 3 rings (SSSR count). The van der Waals surface area contributed by atoms with Crippen molar-refractivity contribution in [1.82, 2.24) is 0 Å². The number of methoxy groups -OCH3 is 1. The number of phenols is 1. The highest BCUT2D eigenvalue weighted by Gasteiger charge is 2.16. The zero-order valence-corrected chi connectivity index (χ0v) is 11.7. The minimum Gasteiger partial charge on any atom is -0.504 e. The number of benzene rings is 2. The molecular weight excluding hydrogens is 284 g/mol. The summed E-state index contributed by atoms with van der Waals surface area (Å²) in [6.45, 7) is 0. The van der Waals surface area contributed by atoms with Crippen LogP contribution >= 0.6 is 0 Å². The maximum absolute atomic E-state index is 12.4. The molecule has 2 aromatic carbocycles. The molecule has 0 amide bonds. The lowest BCUT2D eigenvalue weighted by molar-refractivity contribution is 0.103. The number of ether oxygens (including phenoxy) is 1. The Morgan fingerprint density at radius 1 is 1.14 bits per heavy atom. The lowest BCUT2D eigenvalue weighted by atomic mass is 10.0. The fourth-order valence-electron chi connectivity index (χ4n) is 2.20. The second kappa shape index (κ2) is 5.37. The summed E-state index contributed by atoms with van der Waals surface area (Å²) in [4.78, 5) is 24.4. The molecule has 0 spiro atoms. The number of rotatable bonds is 3.